The fraction of sp³-hybridized carbons (Fsp3) is 0.800. The molecule has 2 saturated heterocycles. The minimum atomic E-state index is -0.470. The van der Waals surface area contributed by atoms with Gasteiger partial charge in [0.2, 0.25) is 0 Å². The molecule has 2 heterocycles. The van der Waals surface area contributed by atoms with E-state index >= 15 is 0 Å². The number of rotatable bonds is 2. The summed E-state index contributed by atoms with van der Waals surface area (Å²) in [6.07, 6.45) is 3.77. The predicted octanol–water partition coefficient (Wildman–Crippen LogP) is -3.50. The average Bonchev–Trinajstić information content (AvgIpc) is 2.93. The Morgan fingerprint density at radius 2 is 1.16 bits per heavy atom. The molecule has 0 aromatic carbocycles. The number of hydrogen-bond acceptors (Lipinski definition) is 6. The van der Waals surface area contributed by atoms with E-state index in [1.807, 2.05) is 0 Å². The molecule has 19 heavy (non-hydrogen) atoms. The van der Waals surface area contributed by atoms with Crippen LogP contribution in [-0.2, 0) is 17.1 Å². The molecule has 2 rings (SSSR count). The van der Waals surface area contributed by atoms with Crippen molar-refractivity contribution in [2.24, 2.45) is 0 Å². The van der Waals surface area contributed by atoms with Gasteiger partial charge >= 0.3 is 17.1 Å². The van der Waals surface area contributed by atoms with Crippen LogP contribution in [0.4, 0.5) is 0 Å². The molecule has 2 aliphatic rings. The fourth-order valence-electron chi connectivity index (χ4n) is 1.82. The largest absolute Gasteiger partial charge is 2.00 e. The van der Waals surface area contributed by atoms with Gasteiger partial charge in [0.05, 0.1) is 0 Å². The number of nitrogens with one attached hydrogen (secondary N) is 4. The molecule has 8 N–H and O–H groups in total. The van der Waals surface area contributed by atoms with E-state index in [9.17, 15) is 10.2 Å². The fourth-order valence-corrected chi connectivity index (χ4v) is 1.82. The van der Waals surface area contributed by atoms with Crippen molar-refractivity contribution >= 4 is 11.8 Å². The summed E-state index contributed by atoms with van der Waals surface area (Å²) in [5, 5.41) is 39.7. The Bertz CT molecular complexity index is 230. The normalized spacial score (nSPS) is 23.8. The maximum atomic E-state index is 10.3. The van der Waals surface area contributed by atoms with Gasteiger partial charge in [-0.2, -0.15) is 0 Å². The van der Waals surface area contributed by atoms with Gasteiger partial charge in [0.1, 0.15) is 0 Å². The van der Waals surface area contributed by atoms with Gasteiger partial charge in [0.25, 0.3) is 0 Å². The molecule has 0 saturated carbocycles. The standard InChI is InChI=1S/2C5H10N2O.Cu.2H2O/c2*6-5(8)4-2-1-3-7-4;;;/h2*4,7H,1-3H2,(H2,6,8);;2*1H2/q;;+2;;/p-2/t2*4-;;;/m00.../s1. The summed E-state index contributed by atoms with van der Waals surface area (Å²) in [6.45, 7) is 1.80. The first-order valence-corrected chi connectivity index (χ1v) is 5.59. The van der Waals surface area contributed by atoms with Crippen LogP contribution in [0.5, 0.6) is 0 Å². The van der Waals surface area contributed by atoms with Crippen LogP contribution in [0.15, 0.2) is 0 Å². The molecule has 117 valence electrons. The van der Waals surface area contributed by atoms with Crippen molar-refractivity contribution in [3.05, 3.63) is 0 Å². The Balaban J connectivity index is -0.000000233. The van der Waals surface area contributed by atoms with E-state index in [-0.39, 0.29) is 40.1 Å². The second kappa shape index (κ2) is 12.3. The second-order valence-electron chi connectivity index (χ2n) is 4.03. The second-order valence-corrected chi connectivity index (χ2v) is 4.03. The maximum absolute atomic E-state index is 10.3. The summed E-state index contributed by atoms with van der Waals surface area (Å²) in [7, 11) is 0. The van der Waals surface area contributed by atoms with Gasteiger partial charge in [-0.25, -0.2) is 0 Å². The van der Waals surface area contributed by atoms with Crippen LogP contribution in [0.3, 0.4) is 0 Å². The van der Waals surface area contributed by atoms with Crippen LogP contribution in [0.25, 0.3) is 0 Å². The van der Waals surface area contributed by atoms with E-state index in [0.717, 1.165) is 38.8 Å². The molecule has 0 aromatic rings. The average molecular weight is 326 g/mol. The van der Waals surface area contributed by atoms with E-state index in [0.29, 0.717) is 0 Å². The van der Waals surface area contributed by atoms with Crippen LogP contribution >= 0.6 is 0 Å². The van der Waals surface area contributed by atoms with Crippen molar-refractivity contribution in [2.45, 2.75) is 37.8 Å². The molecule has 0 amide bonds. The Morgan fingerprint density at radius 3 is 1.26 bits per heavy atom. The molecule has 0 aliphatic carbocycles. The van der Waals surface area contributed by atoms with Crippen LogP contribution in [-0.4, -0.2) is 47.9 Å². The summed E-state index contributed by atoms with van der Waals surface area (Å²) < 4.78 is 0. The van der Waals surface area contributed by atoms with Crippen LogP contribution < -0.4 is 20.8 Å². The monoisotopic (exact) mass is 325 g/mol. The van der Waals surface area contributed by atoms with Gasteiger partial charge in [-0.15, -0.1) is 0 Å². The third kappa shape index (κ3) is 8.93. The zero-order chi connectivity index (χ0) is 12.0. The summed E-state index contributed by atoms with van der Waals surface area (Å²) in [6, 6.07) is -0.315. The molecule has 0 spiro atoms. The van der Waals surface area contributed by atoms with Gasteiger partial charge in [-0.3, -0.25) is 0 Å². The molecule has 8 nitrogen and oxygen atoms in total. The molecule has 2 aliphatic heterocycles. The minimum absolute atomic E-state index is 0. The van der Waals surface area contributed by atoms with Gasteiger partial charge in [-0.1, -0.05) is 0 Å². The Kier molecular flexibility index (Phi) is 15.2. The molecule has 9 heteroatoms. The molecule has 0 bridgehead atoms. The summed E-state index contributed by atoms with van der Waals surface area (Å²) >= 11 is 0. The van der Waals surface area contributed by atoms with Gasteiger partial charge in [0.15, 0.2) is 0 Å². The third-order valence-electron chi connectivity index (χ3n) is 2.75. The summed E-state index contributed by atoms with van der Waals surface area (Å²) in [4.78, 5) is 0. The first-order chi connectivity index (χ1) is 7.61. The predicted molar refractivity (Wildman–Crippen MR) is 64.7 cm³/mol. The van der Waals surface area contributed by atoms with Crippen LogP contribution in [0.2, 0.25) is 0 Å². The van der Waals surface area contributed by atoms with Crippen molar-refractivity contribution in [2.75, 3.05) is 13.1 Å². The maximum Gasteiger partial charge on any atom is 2.00 e. The SMILES string of the molecule is N=C([O-])[C@@H]1CCCN1.N=C([O-])[C@@H]1CCCN1.O.O.[Cu+2]. The smallest absolute Gasteiger partial charge is 0.861 e. The first kappa shape index (κ1) is 23.4. The number of hydrogen-bond donors (Lipinski definition) is 4. The molecule has 0 unspecified atom stereocenters. The summed E-state index contributed by atoms with van der Waals surface area (Å²) in [5.74, 6) is -0.940. The van der Waals surface area contributed by atoms with E-state index in [2.05, 4.69) is 10.6 Å². The van der Waals surface area contributed by atoms with Crippen molar-refractivity contribution in [1.29, 1.82) is 10.8 Å². The van der Waals surface area contributed by atoms with E-state index in [1.54, 1.807) is 0 Å². The van der Waals surface area contributed by atoms with E-state index in [4.69, 9.17) is 10.8 Å². The Hall–Kier alpha value is -0.701. The zero-order valence-corrected chi connectivity index (χ0v) is 11.5. The van der Waals surface area contributed by atoms with E-state index < -0.39 is 11.8 Å². The van der Waals surface area contributed by atoms with Crippen molar-refractivity contribution in [3.63, 3.8) is 0 Å². The molecule has 2 atom stereocenters. The van der Waals surface area contributed by atoms with Gasteiger partial charge < -0.3 is 42.6 Å². The van der Waals surface area contributed by atoms with Crippen molar-refractivity contribution in [3.8, 4) is 0 Å². The van der Waals surface area contributed by atoms with Crippen LogP contribution in [0, 0.1) is 10.8 Å². The first-order valence-electron chi connectivity index (χ1n) is 5.59. The summed E-state index contributed by atoms with van der Waals surface area (Å²) in [5.41, 5.74) is 0. The third-order valence-corrected chi connectivity index (χ3v) is 2.75. The molecule has 0 aromatic heterocycles. The molecule has 1 radical (unpaired) electrons. The van der Waals surface area contributed by atoms with Gasteiger partial charge in [-0.05, 0) is 50.6 Å². The molecular formula is C10H22CuN4O4. The Morgan fingerprint density at radius 1 is 0.842 bits per heavy atom. The van der Waals surface area contributed by atoms with Crippen LogP contribution in [0.1, 0.15) is 25.7 Å². The Labute approximate surface area is 123 Å². The van der Waals surface area contributed by atoms with Gasteiger partial charge in [0, 0.05) is 12.1 Å². The van der Waals surface area contributed by atoms with E-state index in [1.165, 1.54) is 0 Å². The van der Waals surface area contributed by atoms with Crippen molar-refractivity contribution in [1.82, 2.24) is 10.6 Å². The quantitative estimate of drug-likeness (QED) is 0.233. The minimum Gasteiger partial charge on any atom is -0.861 e. The van der Waals surface area contributed by atoms with Crippen molar-refractivity contribution < 1.29 is 38.2 Å². The topological polar surface area (TPSA) is 181 Å². The zero-order valence-electron chi connectivity index (χ0n) is 10.5. The molecular weight excluding hydrogens is 304 g/mol. The molecule has 2 fully saturated rings.